The molecule has 0 bridgehead atoms. The molecule has 3 N–H and O–H groups in total. The molecule has 0 fully saturated rings. The molecule has 0 atom stereocenters. The maximum absolute atomic E-state index is 10.0. The summed E-state index contributed by atoms with van der Waals surface area (Å²) in [6.45, 7) is 1.34. The predicted molar refractivity (Wildman–Crippen MR) is 67.6 cm³/mol. The van der Waals surface area contributed by atoms with Crippen LogP contribution in [0, 0.1) is 0 Å². The highest BCUT2D eigenvalue weighted by atomic mass is 16.5. The van der Waals surface area contributed by atoms with Crippen LogP contribution < -0.4 is 5.73 Å². The summed E-state index contributed by atoms with van der Waals surface area (Å²) in [5.41, 5.74) is 9.49. The molecule has 1 aromatic carbocycles. The lowest BCUT2D eigenvalue weighted by molar-refractivity contribution is -0.128. The lowest BCUT2D eigenvalue weighted by Crippen LogP contribution is -1.96. The highest BCUT2D eigenvalue weighted by Crippen LogP contribution is 2.18. The molecule has 0 saturated heterocycles. The first-order chi connectivity index (χ1) is 8.83. The number of benzene rings is 1. The van der Waals surface area contributed by atoms with Crippen molar-refractivity contribution in [3.63, 3.8) is 0 Å². The zero-order chi connectivity index (χ0) is 12.8. The number of ether oxygens (including phenoxy) is 1. The van der Waals surface area contributed by atoms with Crippen LogP contribution in [0.2, 0.25) is 0 Å². The Morgan fingerprint density at radius 2 is 2.11 bits per heavy atom. The van der Waals surface area contributed by atoms with Crippen molar-refractivity contribution in [3.05, 3.63) is 41.6 Å². The number of nitrogens with one attached hydrogen (secondary N) is 1. The van der Waals surface area contributed by atoms with Crippen LogP contribution in [0.5, 0.6) is 0 Å². The number of nitrogens with two attached hydrogens (primary N) is 1. The summed E-state index contributed by atoms with van der Waals surface area (Å²) in [6, 6.07) is 9.90. The summed E-state index contributed by atoms with van der Waals surface area (Å²) in [5, 5.41) is 7.14. The molecule has 0 saturated carbocycles. The highest BCUT2D eigenvalue weighted by molar-refractivity contribution is 5.59. The quantitative estimate of drug-likeness (QED) is 0.593. The predicted octanol–water partition coefficient (Wildman–Crippen LogP) is 1.25. The monoisotopic (exact) mass is 245 g/mol. The van der Waals surface area contributed by atoms with Crippen LogP contribution in [0.15, 0.2) is 30.3 Å². The molecule has 2 rings (SSSR count). The number of carbonyl (C=O) groups excluding carboxylic acids is 1. The maximum atomic E-state index is 10.0. The number of H-pyrrole nitrogens is 1. The van der Waals surface area contributed by atoms with Gasteiger partial charge in [0.05, 0.1) is 12.3 Å². The second-order valence-electron chi connectivity index (χ2n) is 3.90. The van der Waals surface area contributed by atoms with Crippen LogP contribution in [0.3, 0.4) is 0 Å². The van der Waals surface area contributed by atoms with Crippen LogP contribution in [-0.2, 0) is 22.5 Å². The molecule has 5 nitrogen and oxygen atoms in total. The second-order valence-corrected chi connectivity index (χ2v) is 3.90. The number of nitrogens with zero attached hydrogens (tertiary/aromatic N) is 1. The molecule has 5 heteroatoms. The van der Waals surface area contributed by atoms with Gasteiger partial charge in [-0.2, -0.15) is 5.10 Å². The topological polar surface area (TPSA) is 81.0 Å². The van der Waals surface area contributed by atoms with Crippen molar-refractivity contribution < 1.29 is 9.53 Å². The minimum Gasteiger partial charge on any atom is -0.467 e. The molecule has 0 radical (unpaired) electrons. The number of rotatable bonds is 6. The first-order valence-electron chi connectivity index (χ1n) is 5.72. The summed E-state index contributed by atoms with van der Waals surface area (Å²) in [5.74, 6) is 0. The molecule has 0 aliphatic heterocycles. The van der Waals surface area contributed by atoms with Gasteiger partial charge in [0.15, 0.2) is 0 Å². The molecule has 1 heterocycles. The van der Waals surface area contributed by atoms with E-state index in [1.807, 2.05) is 30.3 Å². The Bertz CT molecular complexity index is 505. The molecule has 0 aliphatic rings. The van der Waals surface area contributed by atoms with Crippen LogP contribution >= 0.6 is 0 Å². The zero-order valence-electron chi connectivity index (χ0n) is 9.93. The SMILES string of the molecule is NCc1ccc(-c2cc(CCOC=O)[nH]n2)cc1. The fraction of sp³-hybridized carbons (Fsp3) is 0.231. The molecule has 0 spiro atoms. The molecule has 18 heavy (non-hydrogen) atoms. The summed E-state index contributed by atoms with van der Waals surface area (Å²) >= 11 is 0. The first kappa shape index (κ1) is 12.3. The van der Waals surface area contributed by atoms with Gasteiger partial charge in [0.25, 0.3) is 6.47 Å². The maximum Gasteiger partial charge on any atom is 0.293 e. The second kappa shape index (κ2) is 5.97. The molecule has 1 aromatic heterocycles. The number of carbonyl (C=O) groups is 1. The lowest BCUT2D eigenvalue weighted by Gasteiger charge is -1.98. The number of aromatic amines is 1. The van der Waals surface area contributed by atoms with Crippen LogP contribution in [0.25, 0.3) is 11.3 Å². The van der Waals surface area contributed by atoms with E-state index in [2.05, 4.69) is 14.9 Å². The van der Waals surface area contributed by atoms with Crippen LogP contribution in [0.4, 0.5) is 0 Å². The molecule has 94 valence electrons. The fourth-order valence-corrected chi connectivity index (χ4v) is 1.67. The Kier molecular flexibility index (Phi) is 4.09. The van der Waals surface area contributed by atoms with E-state index in [4.69, 9.17) is 5.73 Å². The molecule has 2 aromatic rings. The first-order valence-corrected chi connectivity index (χ1v) is 5.72. The van der Waals surface area contributed by atoms with E-state index in [-0.39, 0.29) is 0 Å². The van der Waals surface area contributed by atoms with Crippen molar-refractivity contribution >= 4 is 6.47 Å². The van der Waals surface area contributed by atoms with E-state index in [1.54, 1.807) is 0 Å². The lowest BCUT2D eigenvalue weighted by atomic mass is 10.1. The van der Waals surface area contributed by atoms with E-state index in [0.29, 0.717) is 26.0 Å². The standard InChI is InChI=1S/C13H15N3O2/c14-8-10-1-3-11(4-2-10)13-7-12(15-16-13)5-6-18-9-17/h1-4,7,9H,5-6,8,14H2,(H,15,16). The molecule has 0 unspecified atom stereocenters. The van der Waals surface area contributed by atoms with Crippen molar-refractivity contribution in [2.75, 3.05) is 6.61 Å². The van der Waals surface area contributed by atoms with Gasteiger partial charge in [-0.15, -0.1) is 0 Å². The summed E-state index contributed by atoms with van der Waals surface area (Å²) in [7, 11) is 0. The molecule has 0 aliphatic carbocycles. The van der Waals surface area contributed by atoms with Gasteiger partial charge < -0.3 is 10.5 Å². The van der Waals surface area contributed by atoms with Gasteiger partial charge in [-0.25, -0.2) is 0 Å². The third-order valence-electron chi connectivity index (χ3n) is 2.67. The van der Waals surface area contributed by atoms with Crippen molar-refractivity contribution in [1.29, 1.82) is 0 Å². The molecular weight excluding hydrogens is 230 g/mol. The zero-order valence-corrected chi connectivity index (χ0v) is 9.93. The Hall–Kier alpha value is -2.14. The van der Waals surface area contributed by atoms with E-state index in [9.17, 15) is 4.79 Å². The molecular formula is C13H15N3O2. The van der Waals surface area contributed by atoms with Gasteiger partial charge in [0.2, 0.25) is 0 Å². The fourth-order valence-electron chi connectivity index (χ4n) is 1.67. The van der Waals surface area contributed by atoms with E-state index >= 15 is 0 Å². The van der Waals surface area contributed by atoms with Gasteiger partial charge >= 0.3 is 0 Å². The van der Waals surface area contributed by atoms with Crippen molar-refractivity contribution in [2.24, 2.45) is 5.73 Å². The van der Waals surface area contributed by atoms with Crippen LogP contribution in [0.1, 0.15) is 11.3 Å². The van der Waals surface area contributed by atoms with E-state index in [0.717, 1.165) is 22.5 Å². The van der Waals surface area contributed by atoms with Gasteiger partial charge in [0.1, 0.15) is 0 Å². The minimum atomic E-state index is 0.358. The normalized spacial score (nSPS) is 10.3. The Morgan fingerprint density at radius 1 is 1.33 bits per heavy atom. The minimum absolute atomic E-state index is 0.358. The average molecular weight is 245 g/mol. The van der Waals surface area contributed by atoms with Gasteiger partial charge in [-0.05, 0) is 11.6 Å². The Morgan fingerprint density at radius 3 is 2.78 bits per heavy atom. The third kappa shape index (κ3) is 2.95. The summed E-state index contributed by atoms with van der Waals surface area (Å²) in [6.07, 6.45) is 0.632. The highest BCUT2D eigenvalue weighted by Gasteiger charge is 2.04. The van der Waals surface area contributed by atoms with Gasteiger partial charge in [0, 0.05) is 24.2 Å². The number of hydrogen-bond acceptors (Lipinski definition) is 4. The van der Waals surface area contributed by atoms with E-state index < -0.39 is 0 Å². The number of hydrogen-bond donors (Lipinski definition) is 2. The largest absolute Gasteiger partial charge is 0.467 e. The van der Waals surface area contributed by atoms with Crippen molar-refractivity contribution in [2.45, 2.75) is 13.0 Å². The summed E-state index contributed by atoms with van der Waals surface area (Å²) in [4.78, 5) is 10.0. The van der Waals surface area contributed by atoms with Crippen molar-refractivity contribution in [3.8, 4) is 11.3 Å². The van der Waals surface area contributed by atoms with Crippen molar-refractivity contribution in [1.82, 2.24) is 10.2 Å². The van der Waals surface area contributed by atoms with Gasteiger partial charge in [-0.1, -0.05) is 24.3 Å². The van der Waals surface area contributed by atoms with Crippen LogP contribution in [-0.4, -0.2) is 23.3 Å². The molecule has 0 amide bonds. The average Bonchev–Trinajstić information content (AvgIpc) is 2.88. The number of aromatic nitrogens is 2. The third-order valence-corrected chi connectivity index (χ3v) is 2.67. The Balaban J connectivity index is 2.06. The van der Waals surface area contributed by atoms with E-state index in [1.165, 1.54) is 0 Å². The Labute approximate surface area is 105 Å². The van der Waals surface area contributed by atoms with Gasteiger partial charge in [-0.3, -0.25) is 9.89 Å². The summed E-state index contributed by atoms with van der Waals surface area (Å²) < 4.78 is 4.64. The smallest absolute Gasteiger partial charge is 0.293 e.